The summed E-state index contributed by atoms with van der Waals surface area (Å²) in [6, 6.07) is 5.63. The molecule has 0 bridgehead atoms. The van der Waals surface area contributed by atoms with Crippen LogP contribution in [-0.4, -0.2) is 5.11 Å². The van der Waals surface area contributed by atoms with Crippen molar-refractivity contribution in [3.8, 4) is 0 Å². The minimum atomic E-state index is -0.442. The van der Waals surface area contributed by atoms with Gasteiger partial charge in [0.2, 0.25) is 0 Å². The van der Waals surface area contributed by atoms with Crippen molar-refractivity contribution < 1.29 is 5.11 Å². The molecule has 0 aromatic heterocycles. The summed E-state index contributed by atoms with van der Waals surface area (Å²) in [7, 11) is 0. The Morgan fingerprint density at radius 1 is 1.57 bits per heavy atom. The smallest absolute Gasteiger partial charge is 0.0793 e. The van der Waals surface area contributed by atoms with Gasteiger partial charge in [-0.2, -0.15) is 0 Å². The first-order valence-electron chi connectivity index (χ1n) is 4.39. The van der Waals surface area contributed by atoms with E-state index in [2.05, 4.69) is 29.2 Å². The lowest BCUT2D eigenvalue weighted by Crippen LogP contribution is -1.96. The molecule has 0 aliphatic rings. The third-order valence-corrected chi connectivity index (χ3v) is 3.54. The van der Waals surface area contributed by atoms with Gasteiger partial charge < -0.3 is 5.11 Å². The number of hydrogen-bond acceptors (Lipinski definition) is 1. The number of halogens is 2. The van der Waals surface area contributed by atoms with Gasteiger partial charge in [-0.3, -0.25) is 0 Å². The van der Waals surface area contributed by atoms with Crippen LogP contribution in [-0.2, 0) is 0 Å². The number of benzene rings is 1. The van der Waals surface area contributed by atoms with Crippen molar-refractivity contribution in [3.63, 3.8) is 0 Å². The van der Waals surface area contributed by atoms with Gasteiger partial charge in [0.05, 0.1) is 11.1 Å². The molecule has 1 unspecified atom stereocenters. The highest BCUT2D eigenvalue weighted by atomic mass is 127. The molecule has 1 atom stereocenters. The molecule has 1 N–H and O–H groups in total. The molecule has 1 nitrogen and oxygen atoms in total. The molecular weight excluding hydrogens is 310 g/mol. The minimum absolute atomic E-state index is 0.442. The molecule has 0 saturated carbocycles. The van der Waals surface area contributed by atoms with Crippen LogP contribution in [0.5, 0.6) is 0 Å². The molecule has 0 amide bonds. The molecule has 1 aromatic carbocycles. The number of aliphatic hydroxyl groups is 1. The van der Waals surface area contributed by atoms with Crippen LogP contribution < -0.4 is 0 Å². The van der Waals surface area contributed by atoms with E-state index in [-0.39, 0.29) is 0 Å². The fourth-order valence-corrected chi connectivity index (χ4v) is 1.69. The van der Waals surface area contributed by atoms with Gasteiger partial charge in [-0.25, -0.2) is 0 Å². The van der Waals surface area contributed by atoms with Crippen molar-refractivity contribution in [2.75, 3.05) is 0 Å². The standard InChI is InChI=1S/C11H12ClIO/c1-2-3-4-11(14)8-5-6-10(13)9(12)7-8/h2,5-7,11,14H,1,3-4H2. The first-order valence-corrected chi connectivity index (χ1v) is 5.84. The molecule has 1 rings (SSSR count). The molecule has 0 aliphatic heterocycles. The SMILES string of the molecule is C=CCCC(O)c1ccc(I)c(Cl)c1. The normalized spacial score (nSPS) is 12.5. The lowest BCUT2D eigenvalue weighted by Gasteiger charge is -2.10. The van der Waals surface area contributed by atoms with E-state index in [1.54, 1.807) is 6.08 Å². The van der Waals surface area contributed by atoms with Gasteiger partial charge in [0.15, 0.2) is 0 Å². The fraction of sp³-hybridized carbons (Fsp3) is 0.273. The fourth-order valence-electron chi connectivity index (χ4n) is 1.16. The molecule has 3 heteroatoms. The Morgan fingerprint density at radius 3 is 2.86 bits per heavy atom. The molecule has 76 valence electrons. The van der Waals surface area contributed by atoms with Gasteiger partial charge in [0.1, 0.15) is 0 Å². The first kappa shape index (κ1) is 12.0. The Kier molecular flexibility index (Phi) is 4.92. The van der Waals surface area contributed by atoms with Crippen LogP contribution in [0, 0.1) is 3.57 Å². The van der Waals surface area contributed by atoms with Crippen LogP contribution in [0.2, 0.25) is 5.02 Å². The number of hydrogen-bond donors (Lipinski definition) is 1. The molecular formula is C11H12ClIO. The van der Waals surface area contributed by atoms with Gasteiger partial charge in [-0.05, 0) is 53.1 Å². The zero-order chi connectivity index (χ0) is 10.6. The third-order valence-electron chi connectivity index (χ3n) is 1.97. The lowest BCUT2D eigenvalue weighted by atomic mass is 10.1. The average molecular weight is 323 g/mol. The van der Waals surface area contributed by atoms with Crippen molar-refractivity contribution in [2.45, 2.75) is 18.9 Å². The highest BCUT2D eigenvalue weighted by Crippen LogP contribution is 2.25. The summed E-state index contributed by atoms with van der Waals surface area (Å²) in [5.41, 5.74) is 0.872. The molecule has 14 heavy (non-hydrogen) atoms. The number of rotatable bonds is 4. The van der Waals surface area contributed by atoms with Crippen molar-refractivity contribution in [1.82, 2.24) is 0 Å². The monoisotopic (exact) mass is 322 g/mol. The van der Waals surface area contributed by atoms with Crippen molar-refractivity contribution in [3.05, 3.63) is 45.0 Å². The van der Waals surface area contributed by atoms with Crippen molar-refractivity contribution in [2.24, 2.45) is 0 Å². The Balaban J connectivity index is 2.75. The summed E-state index contributed by atoms with van der Waals surface area (Å²) >= 11 is 8.12. The van der Waals surface area contributed by atoms with Crippen LogP contribution >= 0.6 is 34.2 Å². The highest BCUT2D eigenvalue weighted by molar-refractivity contribution is 14.1. The largest absolute Gasteiger partial charge is 0.388 e. The van der Waals surface area contributed by atoms with E-state index < -0.39 is 6.10 Å². The topological polar surface area (TPSA) is 20.2 Å². The quantitative estimate of drug-likeness (QED) is 0.657. The van der Waals surface area contributed by atoms with E-state index in [1.165, 1.54) is 0 Å². The maximum Gasteiger partial charge on any atom is 0.0793 e. The van der Waals surface area contributed by atoms with E-state index in [9.17, 15) is 5.11 Å². The summed E-state index contributed by atoms with van der Waals surface area (Å²) in [5, 5.41) is 10.5. The van der Waals surface area contributed by atoms with E-state index in [0.29, 0.717) is 11.4 Å². The van der Waals surface area contributed by atoms with Gasteiger partial charge in [0.25, 0.3) is 0 Å². The lowest BCUT2D eigenvalue weighted by molar-refractivity contribution is 0.169. The second kappa shape index (κ2) is 5.73. The summed E-state index contributed by atoms with van der Waals surface area (Å²) < 4.78 is 1.00. The third kappa shape index (κ3) is 3.26. The predicted octanol–water partition coefficient (Wildman–Crippen LogP) is 3.94. The van der Waals surface area contributed by atoms with Crippen LogP contribution in [0.1, 0.15) is 24.5 Å². The Hall–Kier alpha value is -0.0600. The van der Waals surface area contributed by atoms with Gasteiger partial charge in [-0.1, -0.05) is 23.7 Å². The number of aliphatic hydroxyl groups excluding tert-OH is 1. The van der Waals surface area contributed by atoms with Gasteiger partial charge >= 0.3 is 0 Å². The van der Waals surface area contributed by atoms with Crippen LogP contribution in [0.25, 0.3) is 0 Å². The van der Waals surface area contributed by atoms with E-state index in [0.717, 1.165) is 15.6 Å². The second-order valence-corrected chi connectivity index (χ2v) is 4.62. The first-order chi connectivity index (χ1) is 6.65. The maximum atomic E-state index is 9.76. The summed E-state index contributed by atoms with van der Waals surface area (Å²) in [5.74, 6) is 0. The number of allylic oxidation sites excluding steroid dienone is 1. The molecule has 0 spiro atoms. The zero-order valence-electron chi connectivity index (χ0n) is 7.71. The predicted molar refractivity (Wildman–Crippen MR) is 68.6 cm³/mol. The maximum absolute atomic E-state index is 9.76. The van der Waals surface area contributed by atoms with Crippen LogP contribution in [0.15, 0.2) is 30.9 Å². The zero-order valence-corrected chi connectivity index (χ0v) is 10.6. The minimum Gasteiger partial charge on any atom is -0.388 e. The molecule has 0 heterocycles. The van der Waals surface area contributed by atoms with Crippen molar-refractivity contribution >= 4 is 34.2 Å². The van der Waals surface area contributed by atoms with Crippen molar-refractivity contribution in [1.29, 1.82) is 0 Å². The van der Waals surface area contributed by atoms with E-state index in [4.69, 9.17) is 11.6 Å². The Morgan fingerprint density at radius 2 is 2.29 bits per heavy atom. The summed E-state index contributed by atoms with van der Waals surface area (Å²) in [4.78, 5) is 0. The van der Waals surface area contributed by atoms with Gasteiger partial charge in [0, 0.05) is 3.57 Å². The molecule has 0 aliphatic carbocycles. The molecule has 0 radical (unpaired) electrons. The molecule has 0 saturated heterocycles. The van der Waals surface area contributed by atoms with Gasteiger partial charge in [-0.15, -0.1) is 6.58 Å². The summed E-state index contributed by atoms with van der Waals surface area (Å²) in [6.45, 7) is 3.62. The van der Waals surface area contributed by atoms with E-state index in [1.807, 2.05) is 18.2 Å². The Bertz CT molecular complexity index is 325. The molecule has 0 fully saturated rings. The summed E-state index contributed by atoms with van der Waals surface area (Å²) in [6.07, 6.45) is 2.87. The van der Waals surface area contributed by atoms with Crippen LogP contribution in [0.3, 0.4) is 0 Å². The Labute approximate surface area is 103 Å². The average Bonchev–Trinajstić information content (AvgIpc) is 2.18. The van der Waals surface area contributed by atoms with E-state index >= 15 is 0 Å². The second-order valence-electron chi connectivity index (χ2n) is 3.06. The highest BCUT2D eigenvalue weighted by Gasteiger charge is 2.07. The van der Waals surface area contributed by atoms with Crippen LogP contribution in [0.4, 0.5) is 0 Å². The molecule has 1 aromatic rings.